The first-order chi connectivity index (χ1) is 16.3. The van der Waals surface area contributed by atoms with Crippen LogP contribution in [0.3, 0.4) is 0 Å². The molecular weight excluding hydrogens is 454 g/mol. The summed E-state index contributed by atoms with van der Waals surface area (Å²) in [5.41, 5.74) is 5.30. The van der Waals surface area contributed by atoms with Crippen LogP contribution in [0.2, 0.25) is 0 Å². The second-order valence-corrected chi connectivity index (χ2v) is 9.23. The summed E-state index contributed by atoms with van der Waals surface area (Å²) in [6.45, 7) is 0.102. The van der Waals surface area contributed by atoms with E-state index in [2.05, 4.69) is 15.6 Å². The molecule has 0 radical (unpaired) electrons. The number of benzene rings is 4. The predicted octanol–water partition coefficient (Wildman–Crippen LogP) is 3.10. The van der Waals surface area contributed by atoms with Crippen LogP contribution >= 0.6 is 0 Å². The van der Waals surface area contributed by atoms with E-state index in [1.807, 2.05) is 12.1 Å². The Morgan fingerprint density at radius 2 is 1.38 bits per heavy atom. The number of aromatic hydroxyl groups is 1. The van der Waals surface area contributed by atoms with Crippen LogP contribution in [0.15, 0.2) is 95.9 Å². The third-order valence-corrected chi connectivity index (χ3v) is 6.51. The van der Waals surface area contributed by atoms with Gasteiger partial charge in [0.05, 0.1) is 10.5 Å². The van der Waals surface area contributed by atoms with Crippen molar-refractivity contribution >= 4 is 32.6 Å². The molecule has 0 aliphatic rings. The number of hydrogen-bond donors (Lipinski definition) is 4. The van der Waals surface area contributed by atoms with Crippen LogP contribution < -0.4 is 15.6 Å². The molecule has 0 saturated heterocycles. The van der Waals surface area contributed by atoms with Crippen molar-refractivity contribution < 1.29 is 23.1 Å². The number of fused-ring (bicyclic) bond motifs is 1. The summed E-state index contributed by atoms with van der Waals surface area (Å²) in [6, 6.07) is 24.7. The van der Waals surface area contributed by atoms with E-state index in [9.17, 15) is 23.1 Å². The third kappa shape index (κ3) is 5.22. The van der Waals surface area contributed by atoms with Crippen LogP contribution in [-0.2, 0) is 16.6 Å². The van der Waals surface area contributed by atoms with Crippen LogP contribution in [0, 0.1) is 0 Å². The first kappa shape index (κ1) is 23.0. The molecule has 8 nitrogen and oxygen atoms in total. The van der Waals surface area contributed by atoms with Gasteiger partial charge in [-0.3, -0.25) is 20.4 Å². The maximum atomic E-state index is 12.6. The van der Waals surface area contributed by atoms with Crippen molar-refractivity contribution in [2.24, 2.45) is 0 Å². The summed E-state index contributed by atoms with van der Waals surface area (Å²) in [4.78, 5) is 24.9. The van der Waals surface area contributed by atoms with E-state index in [-0.39, 0.29) is 28.3 Å². The van der Waals surface area contributed by atoms with E-state index in [0.717, 1.165) is 16.3 Å². The number of amides is 2. The molecule has 0 saturated carbocycles. The predicted molar refractivity (Wildman–Crippen MR) is 127 cm³/mol. The maximum Gasteiger partial charge on any atom is 0.273 e. The average molecular weight is 476 g/mol. The van der Waals surface area contributed by atoms with Gasteiger partial charge in [0, 0.05) is 12.1 Å². The van der Waals surface area contributed by atoms with Crippen molar-refractivity contribution in [2.75, 3.05) is 0 Å². The Labute approximate surface area is 196 Å². The number of hydrogen-bond acceptors (Lipinski definition) is 5. The molecule has 4 N–H and O–H groups in total. The number of hydrazine groups is 1. The lowest BCUT2D eigenvalue weighted by Gasteiger charge is -2.11. The van der Waals surface area contributed by atoms with Crippen LogP contribution in [0.25, 0.3) is 10.8 Å². The molecule has 4 rings (SSSR count). The highest BCUT2D eigenvalue weighted by Crippen LogP contribution is 2.24. The van der Waals surface area contributed by atoms with Gasteiger partial charge >= 0.3 is 0 Å². The van der Waals surface area contributed by atoms with Gasteiger partial charge in [0.25, 0.3) is 11.8 Å². The molecule has 4 aromatic carbocycles. The second-order valence-electron chi connectivity index (χ2n) is 7.46. The molecule has 0 aliphatic carbocycles. The Hall–Kier alpha value is -4.21. The van der Waals surface area contributed by atoms with Gasteiger partial charge in [0.2, 0.25) is 10.0 Å². The summed E-state index contributed by atoms with van der Waals surface area (Å²) in [7, 11) is -3.87. The first-order valence-electron chi connectivity index (χ1n) is 10.3. The number of phenols is 1. The molecule has 4 aromatic rings. The van der Waals surface area contributed by atoms with Crippen LogP contribution in [0.1, 0.15) is 26.3 Å². The minimum absolute atomic E-state index is 0.0135. The quantitative estimate of drug-likeness (QED) is 0.319. The highest BCUT2D eigenvalue weighted by atomic mass is 32.2. The van der Waals surface area contributed by atoms with Gasteiger partial charge in [-0.2, -0.15) is 0 Å². The summed E-state index contributed by atoms with van der Waals surface area (Å²) in [5, 5.41) is 11.7. The fraction of sp³-hybridized carbons (Fsp3) is 0.0400. The van der Waals surface area contributed by atoms with Gasteiger partial charge in [0.1, 0.15) is 5.75 Å². The highest BCUT2D eigenvalue weighted by Gasteiger charge is 2.18. The molecule has 0 bridgehead atoms. The Morgan fingerprint density at radius 1 is 0.735 bits per heavy atom. The topological polar surface area (TPSA) is 125 Å². The van der Waals surface area contributed by atoms with Gasteiger partial charge < -0.3 is 5.11 Å². The molecule has 0 heterocycles. The lowest BCUT2D eigenvalue weighted by Crippen LogP contribution is -2.41. The zero-order valence-corrected chi connectivity index (χ0v) is 18.7. The largest absolute Gasteiger partial charge is 0.507 e. The van der Waals surface area contributed by atoms with Crippen molar-refractivity contribution in [3.05, 3.63) is 108 Å². The van der Waals surface area contributed by atoms with Gasteiger partial charge in [-0.15, -0.1) is 0 Å². The molecule has 172 valence electrons. The Kier molecular flexibility index (Phi) is 6.58. The molecule has 0 spiro atoms. The minimum Gasteiger partial charge on any atom is -0.507 e. The number of nitrogens with one attached hydrogen (secondary N) is 3. The Bertz CT molecular complexity index is 1470. The lowest BCUT2D eigenvalue weighted by atomic mass is 10.1. The van der Waals surface area contributed by atoms with E-state index < -0.39 is 21.8 Å². The van der Waals surface area contributed by atoms with Gasteiger partial charge in [-0.05, 0) is 46.7 Å². The van der Waals surface area contributed by atoms with Crippen molar-refractivity contribution in [3.8, 4) is 5.75 Å². The maximum absolute atomic E-state index is 12.6. The van der Waals surface area contributed by atoms with E-state index >= 15 is 0 Å². The summed E-state index contributed by atoms with van der Waals surface area (Å²) >= 11 is 0. The van der Waals surface area contributed by atoms with Crippen molar-refractivity contribution in [2.45, 2.75) is 11.4 Å². The Morgan fingerprint density at radius 3 is 2.12 bits per heavy atom. The monoisotopic (exact) mass is 475 g/mol. The molecule has 0 atom stereocenters. The molecule has 0 aliphatic heterocycles. The molecule has 2 amide bonds. The number of carbonyl (C=O) groups excluding carboxylic acids is 2. The molecule has 0 unspecified atom stereocenters. The van der Waals surface area contributed by atoms with Crippen molar-refractivity contribution in [1.82, 2.24) is 15.6 Å². The number of carbonyl (C=O) groups is 2. The number of rotatable bonds is 6. The van der Waals surface area contributed by atoms with E-state index in [4.69, 9.17) is 0 Å². The fourth-order valence-electron chi connectivity index (χ4n) is 3.33. The Balaban J connectivity index is 1.43. The molecule has 0 aromatic heterocycles. The average Bonchev–Trinajstić information content (AvgIpc) is 2.86. The molecular formula is C25H21N3O5S. The van der Waals surface area contributed by atoms with E-state index in [0.29, 0.717) is 0 Å². The van der Waals surface area contributed by atoms with Crippen LogP contribution in [0.5, 0.6) is 5.75 Å². The number of phenolic OH excluding ortho intramolecular Hbond substituents is 1. The van der Waals surface area contributed by atoms with E-state index in [1.165, 1.54) is 36.4 Å². The fourth-order valence-corrected chi connectivity index (χ4v) is 4.39. The molecule has 9 heteroatoms. The summed E-state index contributed by atoms with van der Waals surface area (Å²) < 4.78 is 27.8. The zero-order chi connectivity index (χ0) is 24.1. The van der Waals surface area contributed by atoms with Crippen LogP contribution in [-0.4, -0.2) is 25.3 Å². The number of sulfonamides is 1. The molecule has 34 heavy (non-hydrogen) atoms. The standard InChI is InChI=1S/C25H21N3O5S/c29-23-15-19-10-5-4-9-18(19)14-22(23)25(31)28-27-24(30)20-11-6-12-21(13-20)34(32,33)26-16-17-7-2-1-3-8-17/h1-15,26,29H,16H2,(H,27,30)(H,28,31). The normalized spacial score (nSPS) is 11.2. The smallest absolute Gasteiger partial charge is 0.273 e. The summed E-state index contributed by atoms with van der Waals surface area (Å²) in [5.74, 6) is -1.67. The first-order valence-corrected chi connectivity index (χ1v) is 11.8. The minimum atomic E-state index is -3.87. The third-order valence-electron chi connectivity index (χ3n) is 5.11. The van der Waals surface area contributed by atoms with Gasteiger partial charge in [-0.25, -0.2) is 13.1 Å². The highest BCUT2D eigenvalue weighted by molar-refractivity contribution is 7.89. The second kappa shape index (κ2) is 9.74. The van der Waals surface area contributed by atoms with Crippen LogP contribution in [0.4, 0.5) is 0 Å². The van der Waals surface area contributed by atoms with Crippen molar-refractivity contribution in [3.63, 3.8) is 0 Å². The van der Waals surface area contributed by atoms with Crippen molar-refractivity contribution in [1.29, 1.82) is 0 Å². The van der Waals surface area contributed by atoms with Gasteiger partial charge in [-0.1, -0.05) is 60.7 Å². The zero-order valence-electron chi connectivity index (χ0n) is 17.9. The SMILES string of the molecule is O=C(NNC(=O)c1cc2ccccc2cc1O)c1cccc(S(=O)(=O)NCc2ccccc2)c1. The van der Waals surface area contributed by atoms with Gasteiger partial charge in [0.15, 0.2) is 0 Å². The van der Waals surface area contributed by atoms with E-state index in [1.54, 1.807) is 42.5 Å². The lowest BCUT2D eigenvalue weighted by molar-refractivity contribution is 0.0845. The summed E-state index contributed by atoms with van der Waals surface area (Å²) in [6.07, 6.45) is 0. The molecule has 0 fully saturated rings.